The van der Waals surface area contributed by atoms with Crippen molar-refractivity contribution in [2.24, 2.45) is 0 Å². The molecule has 0 spiro atoms. The molecule has 2 N–H and O–H groups in total. The van der Waals surface area contributed by atoms with Gasteiger partial charge in [0.1, 0.15) is 17.2 Å². The highest BCUT2D eigenvalue weighted by atomic mass is 19.1. The Morgan fingerprint density at radius 3 is 2.94 bits per heavy atom. The third-order valence-corrected chi connectivity index (χ3v) is 2.33. The van der Waals surface area contributed by atoms with Crippen LogP contribution in [0.1, 0.15) is 18.9 Å². The van der Waals surface area contributed by atoms with Gasteiger partial charge in [0, 0.05) is 0 Å². The van der Waals surface area contributed by atoms with Crippen molar-refractivity contribution in [3.05, 3.63) is 40.3 Å². The van der Waals surface area contributed by atoms with E-state index >= 15 is 0 Å². The number of amides is 1. The van der Waals surface area contributed by atoms with E-state index in [1.807, 2.05) is 0 Å². The van der Waals surface area contributed by atoms with E-state index in [1.54, 1.807) is 0 Å². The van der Waals surface area contributed by atoms with E-state index in [0.717, 1.165) is 6.07 Å². The van der Waals surface area contributed by atoms with Gasteiger partial charge in [-0.2, -0.15) is 0 Å². The lowest BCUT2D eigenvalue weighted by molar-refractivity contribution is 0.188. The highest BCUT2D eigenvalue weighted by Crippen LogP contribution is 2.15. The molecule has 18 heavy (non-hydrogen) atoms. The molecule has 1 atom stereocenters. The fraction of sp³-hybridized carbons (Fsp3) is 0.182. The minimum absolute atomic E-state index is 0.111. The first kappa shape index (κ1) is 12.0. The maximum Gasteiger partial charge on any atom is 0.405 e. The highest BCUT2D eigenvalue weighted by Gasteiger charge is 2.16. The maximum atomic E-state index is 13.4. The molecule has 0 saturated carbocycles. The molecule has 0 unspecified atom stereocenters. The molecule has 0 saturated heterocycles. The van der Waals surface area contributed by atoms with E-state index in [4.69, 9.17) is 9.52 Å². The molecule has 1 aromatic heterocycles. The molecule has 2 aromatic rings. The van der Waals surface area contributed by atoms with Crippen molar-refractivity contribution in [2.75, 3.05) is 0 Å². The molecule has 0 aliphatic rings. The second-order valence-electron chi connectivity index (χ2n) is 3.64. The molecule has 94 valence electrons. The van der Waals surface area contributed by atoms with Gasteiger partial charge in [-0.3, -0.25) is 0 Å². The van der Waals surface area contributed by atoms with Crippen molar-refractivity contribution in [3.8, 4) is 0 Å². The molecule has 0 aliphatic heterocycles. The van der Waals surface area contributed by atoms with Crippen LogP contribution in [-0.2, 0) is 0 Å². The number of carboxylic acid groups (broad SMARTS) is 1. The molecule has 6 nitrogen and oxygen atoms in total. The fourth-order valence-electron chi connectivity index (χ4n) is 1.53. The molecule has 0 fully saturated rings. The number of fused-ring (bicyclic) bond motifs is 1. The van der Waals surface area contributed by atoms with Crippen LogP contribution in [-0.4, -0.2) is 16.2 Å². The van der Waals surface area contributed by atoms with Gasteiger partial charge in [0.25, 0.3) is 0 Å². The summed E-state index contributed by atoms with van der Waals surface area (Å²) in [7, 11) is 0. The van der Waals surface area contributed by atoms with Crippen LogP contribution in [0, 0.1) is 5.82 Å². The number of hydrogen-bond acceptors (Lipinski definition) is 4. The average molecular weight is 252 g/mol. The van der Waals surface area contributed by atoms with Gasteiger partial charge in [-0.1, -0.05) is 6.07 Å². The van der Waals surface area contributed by atoms with E-state index in [2.05, 4.69) is 10.3 Å². The summed E-state index contributed by atoms with van der Waals surface area (Å²) in [5.41, 5.74) is -0.757. The number of benzene rings is 1. The van der Waals surface area contributed by atoms with E-state index in [0.29, 0.717) is 0 Å². The quantitative estimate of drug-likeness (QED) is 0.847. The SMILES string of the molecule is C[C@H](NC(=O)O)c1nc2cccc(F)c2c(=O)o1. The summed E-state index contributed by atoms with van der Waals surface area (Å²) in [5, 5.41) is 10.4. The molecule has 1 heterocycles. The van der Waals surface area contributed by atoms with Gasteiger partial charge in [-0.15, -0.1) is 0 Å². The lowest BCUT2D eigenvalue weighted by atomic mass is 10.2. The maximum absolute atomic E-state index is 13.4. The third kappa shape index (κ3) is 2.15. The molecular formula is C11H9FN2O4. The summed E-state index contributed by atoms with van der Waals surface area (Å²) < 4.78 is 18.2. The van der Waals surface area contributed by atoms with Gasteiger partial charge < -0.3 is 14.8 Å². The predicted molar refractivity (Wildman–Crippen MR) is 59.8 cm³/mol. The summed E-state index contributed by atoms with van der Waals surface area (Å²) in [6.45, 7) is 1.46. The first-order valence-corrected chi connectivity index (χ1v) is 5.08. The number of halogens is 1. The van der Waals surface area contributed by atoms with Gasteiger partial charge in [-0.05, 0) is 19.1 Å². The summed E-state index contributed by atoms with van der Waals surface area (Å²) >= 11 is 0. The first-order valence-electron chi connectivity index (χ1n) is 5.08. The molecule has 1 amide bonds. The van der Waals surface area contributed by atoms with Crippen molar-refractivity contribution in [1.29, 1.82) is 0 Å². The van der Waals surface area contributed by atoms with Gasteiger partial charge in [0.2, 0.25) is 5.89 Å². The summed E-state index contributed by atoms with van der Waals surface area (Å²) in [5.74, 6) is -0.834. The monoisotopic (exact) mass is 252 g/mol. The van der Waals surface area contributed by atoms with Gasteiger partial charge in [-0.25, -0.2) is 19.0 Å². The first-order chi connectivity index (χ1) is 8.49. The second kappa shape index (κ2) is 4.44. The Morgan fingerprint density at radius 2 is 2.28 bits per heavy atom. The van der Waals surface area contributed by atoms with Crippen LogP contribution in [0.4, 0.5) is 9.18 Å². The molecule has 7 heteroatoms. The molecule has 0 radical (unpaired) electrons. The van der Waals surface area contributed by atoms with Crippen LogP contribution in [0.15, 0.2) is 27.4 Å². The Hall–Kier alpha value is -2.44. The Kier molecular flexibility index (Phi) is 2.97. The summed E-state index contributed by atoms with van der Waals surface area (Å²) in [6, 6.07) is 3.18. The molecule has 1 aromatic carbocycles. The van der Waals surface area contributed by atoms with E-state index in [1.165, 1.54) is 19.1 Å². The van der Waals surface area contributed by atoms with Crippen molar-refractivity contribution >= 4 is 17.0 Å². The zero-order valence-electron chi connectivity index (χ0n) is 9.31. The second-order valence-corrected chi connectivity index (χ2v) is 3.64. The van der Waals surface area contributed by atoms with Crippen LogP contribution >= 0.6 is 0 Å². The number of nitrogens with zero attached hydrogens (tertiary/aromatic N) is 1. The van der Waals surface area contributed by atoms with Crippen LogP contribution in [0.25, 0.3) is 10.9 Å². The van der Waals surface area contributed by atoms with Crippen molar-refractivity contribution < 1.29 is 18.7 Å². The Labute approximate surface area is 100 Å². The average Bonchev–Trinajstić information content (AvgIpc) is 2.27. The zero-order valence-corrected chi connectivity index (χ0v) is 9.31. The van der Waals surface area contributed by atoms with E-state index in [9.17, 15) is 14.0 Å². The lowest BCUT2D eigenvalue weighted by Crippen LogP contribution is -2.26. The van der Waals surface area contributed by atoms with Crippen LogP contribution in [0.2, 0.25) is 0 Å². The standard InChI is InChI=1S/C11H9FN2O4/c1-5(13-11(16)17)9-14-7-4-2-3-6(12)8(7)10(15)18-9/h2-5,13H,1H3,(H,16,17)/t5-/m0/s1. The normalized spacial score (nSPS) is 12.3. The third-order valence-electron chi connectivity index (χ3n) is 2.33. The Morgan fingerprint density at radius 1 is 1.56 bits per heavy atom. The predicted octanol–water partition coefficient (Wildman–Crippen LogP) is 1.66. The molecular weight excluding hydrogens is 243 g/mol. The topological polar surface area (TPSA) is 92.4 Å². The number of hydrogen-bond donors (Lipinski definition) is 2. The number of rotatable bonds is 2. The highest BCUT2D eigenvalue weighted by molar-refractivity contribution is 5.77. The Balaban J connectivity index is 2.56. The van der Waals surface area contributed by atoms with E-state index in [-0.39, 0.29) is 16.8 Å². The van der Waals surface area contributed by atoms with Crippen LogP contribution < -0.4 is 10.9 Å². The summed E-state index contributed by atoms with van der Waals surface area (Å²) in [6.07, 6.45) is -1.27. The number of carbonyl (C=O) groups is 1. The van der Waals surface area contributed by atoms with Gasteiger partial charge in [0.15, 0.2) is 0 Å². The van der Waals surface area contributed by atoms with Crippen LogP contribution in [0.5, 0.6) is 0 Å². The lowest BCUT2D eigenvalue weighted by Gasteiger charge is -2.09. The molecule has 2 rings (SSSR count). The molecule has 0 aliphatic carbocycles. The van der Waals surface area contributed by atoms with E-state index < -0.39 is 23.6 Å². The number of aromatic nitrogens is 1. The largest absolute Gasteiger partial charge is 0.465 e. The zero-order chi connectivity index (χ0) is 13.3. The van der Waals surface area contributed by atoms with Crippen molar-refractivity contribution in [2.45, 2.75) is 13.0 Å². The molecule has 0 bridgehead atoms. The fourth-order valence-corrected chi connectivity index (χ4v) is 1.53. The van der Waals surface area contributed by atoms with Crippen molar-refractivity contribution in [1.82, 2.24) is 10.3 Å². The minimum atomic E-state index is -1.27. The minimum Gasteiger partial charge on any atom is -0.465 e. The smallest absolute Gasteiger partial charge is 0.405 e. The Bertz CT molecular complexity index is 668. The van der Waals surface area contributed by atoms with Crippen LogP contribution in [0.3, 0.4) is 0 Å². The van der Waals surface area contributed by atoms with Gasteiger partial charge in [0.05, 0.1) is 5.52 Å². The van der Waals surface area contributed by atoms with Gasteiger partial charge >= 0.3 is 11.7 Å². The summed E-state index contributed by atoms with van der Waals surface area (Å²) in [4.78, 5) is 26.0. The number of nitrogens with one attached hydrogen (secondary N) is 1. The van der Waals surface area contributed by atoms with Crippen molar-refractivity contribution in [3.63, 3.8) is 0 Å².